The van der Waals surface area contributed by atoms with E-state index < -0.39 is 0 Å². The van der Waals surface area contributed by atoms with Gasteiger partial charge in [-0.15, -0.1) is 0 Å². The van der Waals surface area contributed by atoms with Gasteiger partial charge in [0.25, 0.3) is 0 Å². The molecular weight excluding hydrogens is 236 g/mol. The molecule has 1 aromatic rings. The fraction of sp³-hybridized carbons (Fsp3) is 0.750. The normalized spacial score (nSPS) is 25.3. The Bertz CT molecular complexity index is 411. The number of hydrogen-bond donors (Lipinski definition) is 1. The highest BCUT2D eigenvalue weighted by Gasteiger charge is 2.28. The van der Waals surface area contributed by atoms with Crippen LogP contribution in [0.4, 0.5) is 0 Å². The van der Waals surface area contributed by atoms with E-state index in [-0.39, 0.29) is 6.10 Å². The number of aryl methyl sites for hydroxylation is 2. The second-order valence-corrected chi connectivity index (χ2v) is 5.88. The number of nitrogens with zero attached hydrogens (tertiary/aromatic N) is 2. The van der Waals surface area contributed by atoms with E-state index in [1.165, 1.54) is 19.3 Å². The molecule has 1 aromatic heterocycles. The van der Waals surface area contributed by atoms with Gasteiger partial charge in [0.2, 0.25) is 0 Å². The molecule has 0 spiro atoms. The number of hydrogen-bond acceptors (Lipinski definition) is 3. The molecule has 2 rings (SSSR count). The van der Waals surface area contributed by atoms with Gasteiger partial charge in [0.05, 0.1) is 17.5 Å². The van der Waals surface area contributed by atoms with Crippen LogP contribution in [-0.4, -0.2) is 15.3 Å². The molecule has 0 aromatic carbocycles. The molecule has 106 valence electrons. The van der Waals surface area contributed by atoms with Crippen LogP contribution in [0.1, 0.15) is 69.0 Å². The van der Waals surface area contributed by atoms with Gasteiger partial charge in [-0.1, -0.05) is 33.1 Å². The van der Waals surface area contributed by atoms with E-state index in [1.54, 1.807) is 0 Å². The SMILES string of the molecule is CCc1nnc(C)cc1C(O)C1CCC(CC)CC1. The summed E-state index contributed by atoms with van der Waals surface area (Å²) < 4.78 is 0. The molecule has 1 atom stereocenters. The average Bonchev–Trinajstić information content (AvgIpc) is 2.46. The van der Waals surface area contributed by atoms with Crippen LogP contribution in [0, 0.1) is 18.8 Å². The molecule has 0 saturated heterocycles. The third-order valence-electron chi connectivity index (χ3n) is 4.59. The van der Waals surface area contributed by atoms with Crippen molar-refractivity contribution in [2.75, 3.05) is 0 Å². The molecule has 1 aliphatic carbocycles. The molecule has 1 unspecified atom stereocenters. The number of aromatic nitrogens is 2. The summed E-state index contributed by atoms with van der Waals surface area (Å²) in [6, 6.07) is 2.02. The fourth-order valence-electron chi connectivity index (χ4n) is 3.23. The maximum atomic E-state index is 10.7. The second-order valence-electron chi connectivity index (χ2n) is 5.88. The van der Waals surface area contributed by atoms with Crippen LogP contribution >= 0.6 is 0 Å². The van der Waals surface area contributed by atoms with Crippen LogP contribution in [0.2, 0.25) is 0 Å². The zero-order chi connectivity index (χ0) is 13.8. The first-order chi connectivity index (χ1) is 9.15. The molecule has 0 radical (unpaired) electrons. The molecule has 3 nitrogen and oxygen atoms in total. The Kier molecular flexibility index (Phi) is 4.92. The molecule has 1 saturated carbocycles. The van der Waals surface area contributed by atoms with E-state index in [9.17, 15) is 5.11 Å². The largest absolute Gasteiger partial charge is 0.388 e. The van der Waals surface area contributed by atoms with Gasteiger partial charge in [-0.05, 0) is 44.1 Å². The lowest BCUT2D eigenvalue weighted by Crippen LogP contribution is -2.21. The first-order valence-electron chi connectivity index (χ1n) is 7.66. The van der Waals surface area contributed by atoms with Crippen molar-refractivity contribution < 1.29 is 5.11 Å². The molecule has 19 heavy (non-hydrogen) atoms. The Morgan fingerprint density at radius 3 is 2.47 bits per heavy atom. The molecule has 0 bridgehead atoms. The van der Waals surface area contributed by atoms with Crippen molar-refractivity contribution in [3.63, 3.8) is 0 Å². The zero-order valence-corrected chi connectivity index (χ0v) is 12.4. The minimum atomic E-state index is -0.359. The Labute approximate surface area is 116 Å². The van der Waals surface area contributed by atoms with Crippen molar-refractivity contribution in [1.29, 1.82) is 0 Å². The van der Waals surface area contributed by atoms with E-state index in [0.29, 0.717) is 5.92 Å². The van der Waals surface area contributed by atoms with Crippen molar-refractivity contribution in [3.05, 3.63) is 23.0 Å². The van der Waals surface area contributed by atoms with Crippen LogP contribution in [-0.2, 0) is 6.42 Å². The van der Waals surface area contributed by atoms with E-state index in [2.05, 4.69) is 24.0 Å². The standard InChI is InChI=1S/C16H26N2O/c1-4-12-6-8-13(9-7-12)16(19)14-10-11(3)17-18-15(14)5-2/h10,12-13,16,19H,4-9H2,1-3H3. The fourth-order valence-corrected chi connectivity index (χ4v) is 3.23. The van der Waals surface area contributed by atoms with Gasteiger partial charge in [-0.2, -0.15) is 10.2 Å². The average molecular weight is 262 g/mol. The first-order valence-corrected chi connectivity index (χ1v) is 7.66. The van der Waals surface area contributed by atoms with Gasteiger partial charge >= 0.3 is 0 Å². The highest BCUT2D eigenvalue weighted by Crippen LogP contribution is 2.38. The van der Waals surface area contributed by atoms with Crippen molar-refractivity contribution in [1.82, 2.24) is 10.2 Å². The van der Waals surface area contributed by atoms with Gasteiger partial charge in [-0.3, -0.25) is 0 Å². The Morgan fingerprint density at radius 1 is 1.21 bits per heavy atom. The molecule has 1 heterocycles. The summed E-state index contributed by atoms with van der Waals surface area (Å²) in [5, 5.41) is 19.0. The lowest BCUT2D eigenvalue weighted by atomic mass is 9.77. The van der Waals surface area contributed by atoms with E-state index in [4.69, 9.17) is 0 Å². The lowest BCUT2D eigenvalue weighted by Gasteiger charge is -2.31. The third kappa shape index (κ3) is 3.33. The molecule has 1 fully saturated rings. The van der Waals surface area contributed by atoms with Crippen LogP contribution in [0.5, 0.6) is 0 Å². The summed E-state index contributed by atoms with van der Waals surface area (Å²) in [6.07, 6.45) is 6.56. The van der Waals surface area contributed by atoms with Gasteiger partial charge in [0, 0.05) is 5.56 Å². The monoisotopic (exact) mass is 262 g/mol. The third-order valence-corrected chi connectivity index (χ3v) is 4.59. The van der Waals surface area contributed by atoms with Crippen LogP contribution in [0.3, 0.4) is 0 Å². The molecular formula is C16H26N2O. The molecule has 3 heteroatoms. The van der Waals surface area contributed by atoms with Crippen LogP contribution in [0.25, 0.3) is 0 Å². The van der Waals surface area contributed by atoms with Crippen LogP contribution in [0.15, 0.2) is 6.07 Å². The van der Waals surface area contributed by atoms with Gasteiger partial charge in [-0.25, -0.2) is 0 Å². The summed E-state index contributed by atoms with van der Waals surface area (Å²) in [6.45, 7) is 6.28. The van der Waals surface area contributed by atoms with Crippen LogP contribution < -0.4 is 0 Å². The van der Waals surface area contributed by atoms with Gasteiger partial charge in [0.15, 0.2) is 0 Å². The predicted molar refractivity (Wildman–Crippen MR) is 76.8 cm³/mol. The van der Waals surface area contributed by atoms with E-state index in [0.717, 1.165) is 42.1 Å². The maximum Gasteiger partial charge on any atom is 0.0837 e. The summed E-state index contributed by atoms with van der Waals surface area (Å²) in [5.41, 5.74) is 2.86. The second kappa shape index (κ2) is 6.47. The number of aliphatic hydroxyl groups excluding tert-OH is 1. The minimum Gasteiger partial charge on any atom is -0.388 e. The number of rotatable bonds is 4. The Morgan fingerprint density at radius 2 is 1.89 bits per heavy atom. The smallest absolute Gasteiger partial charge is 0.0837 e. The van der Waals surface area contributed by atoms with Crippen molar-refractivity contribution in [3.8, 4) is 0 Å². The summed E-state index contributed by atoms with van der Waals surface area (Å²) in [4.78, 5) is 0. The first kappa shape index (κ1) is 14.4. The Balaban J connectivity index is 2.11. The van der Waals surface area contributed by atoms with Crippen molar-refractivity contribution in [2.45, 2.75) is 65.4 Å². The van der Waals surface area contributed by atoms with E-state index >= 15 is 0 Å². The molecule has 0 aliphatic heterocycles. The molecule has 1 N–H and O–H groups in total. The maximum absolute atomic E-state index is 10.7. The van der Waals surface area contributed by atoms with Gasteiger partial charge < -0.3 is 5.11 Å². The van der Waals surface area contributed by atoms with Crippen molar-refractivity contribution >= 4 is 0 Å². The summed E-state index contributed by atoms with van der Waals surface area (Å²) in [7, 11) is 0. The summed E-state index contributed by atoms with van der Waals surface area (Å²) >= 11 is 0. The Hall–Kier alpha value is -0.960. The predicted octanol–water partition coefficient (Wildman–Crippen LogP) is 3.60. The van der Waals surface area contributed by atoms with Gasteiger partial charge in [0.1, 0.15) is 0 Å². The minimum absolute atomic E-state index is 0.359. The number of aliphatic hydroxyl groups is 1. The molecule has 1 aliphatic rings. The quantitative estimate of drug-likeness (QED) is 0.901. The highest BCUT2D eigenvalue weighted by molar-refractivity contribution is 5.24. The molecule has 0 amide bonds. The zero-order valence-electron chi connectivity index (χ0n) is 12.4. The summed E-state index contributed by atoms with van der Waals surface area (Å²) in [5.74, 6) is 1.27. The lowest BCUT2D eigenvalue weighted by molar-refractivity contribution is 0.0717. The van der Waals surface area contributed by atoms with Crippen molar-refractivity contribution in [2.24, 2.45) is 11.8 Å². The van der Waals surface area contributed by atoms with E-state index in [1.807, 2.05) is 13.0 Å². The highest BCUT2D eigenvalue weighted by atomic mass is 16.3. The topological polar surface area (TPSA) is 46.0 Å².